The highest BCUT2D eigenvalue weighted by molar-refractivity contribution is 7.84. The van der Waals surface area contributed by atoms with Gasteiger partial charge in [-0.05, 0) is 34.5 Å². The molecular weight excluding hydrogens is 288 g/mol. The van der Waals surface area contributed by atoms with Gasteiger partial charge in [-0.15, -0.1) is 0 Å². The first-order chi connectivity index (χ1) is 9.66. The maximum Gasteiger partial charge on any atom is 0.0504 e. The van der Waals surface area contributed by atoms with Gasteiger partial charge >= 0.3 is 0 Å². The third-order valence-electron chi connectivity index (χ3n) is 3.32. The fraction of sp³-hybridized carbons (Fsp3) is 0.0588. The van der Waals surface area contributed by atoms with Gasteiger partial charge in [-0.1, -0.05) is 54.1 Å². The Balaban J connectivity index is 2.36. The second-order valence-electron chi connectivity index (χ2n) is 4.63. The lowest BCUT2D eigenvalue weighted by atomic mass is 10.0. The Morgan fingerprint density at radius 1 is 0.850 bits per heavy atom. The van der Waals surface area contributed by atoms with Crippen LogP contribution in [0.4, 0.5) is 0 Å². The van der Waals surface area contributed by atoms with E-state index in [4.69, 9.17) is 11.6 Å². The van der Waals surface area contributed by atoms with Crippen LogP contribution in [-0.4, -0.2) is 10.5 Å². The average Bonchev–Trinajstić information content (AvgIpc) is 2.46. The normalized spacial score (nSPS) is 12.5. The van der Waals surface area contributed by atoms with Crippen LogP contribution >= 0.6 is 11.6 Å². The van der Waals surface area contributed by atoms with Crippen LogP contribution in [0.2, 0.25) is 5.02 Å². The van der Waals surface area contributed by atoms with Gasteiger partial charge in [0.15, 0.2) is 0 Å². The maximum absolute atomic E-state index is 12.1. The third-order valence-corrected chi connectivity index (χ3v) is 4.61. The number of fused-ring (bicyclic) bond motifs is 1. The molecule has 3 rings (SSSR count). The van der Waals surface area contributed by atoms with E-state index in [0.717, 1.165) is 26.8 Å². The third kappa shape index (κ3) is 2.37. The number of hydrogen-bond acceptors (Lipinski definition) is 1. The van der Waals surface area contributed by atoms with Gasteiger partial charge in [0.1, 0.15) is 0 Å². The molecule has 100 valence electrons. The predicted molar refractivity (Wildman–Crippen MR) is 86.7 cm³/mol. The van der Waals surface area contributed by atoms with Crippen molar-refractivity contribution < 1.29 is 4.21 Å². The van der Waals surface area contributed by atoms with Gasteiger partial charge in [-0.25, -0.2) is 0 Å². The molecule has 0 aliphatic carbocycles. The summed E-state index contributed by atoms with van der Waals surface area (Å²) in [7, 11) is -1.06. The molecule has 0 bridgehead atoms. The van der Waals surface area contributed by atoms with E-state index in [1.807, 2.05) is 48.5 Å². The molecule has 0 aliphatic heterocycles. The van der Waals surface area contributed by atoms with Crippen LogP contribution in [0.15, 0.2) is 65.6 Å². The van der Waals surface area contributed by atoms with Crippen molar-refractivity contribution in [2.75, 3.05) is 6.26 Å². The van der Waals surface area contributed by atoms with Crippen molar-refractivity contribution in [3.05, 3.63) is 65.7 Å². The summed E-state index contributed by atoms with van der Waals surface area (Å²) in [6.07, 6.45) is 1.70. The molecule has 0 radical (unpaired) electrons. The molecule has 0 spiro atoms. The minimum atomic E-state index is -1.06. The van der Waals surface area contributed by atoms with Crippen LogP contribution < -0.4 is 0 Å². The number of halogens is 1. The molecule has 1 atom stereocenters. The average molecular weight is 301 g/mol. The molecule has 0 saturated heterocycles. The Labute approximate surface area is 125 Å². The van der Waals surface area contributed by atoms with Crippen LogP contribution in [0.1, 0.15) is 0 Å². The predicted octanol–water partition coefficient (Wildman–Crippen LogP) is 4.90. The van der Waals surface area contributed by atoms with E-state index in [-0.39, 0.29) is 0 Å². The highest BCUT2D eigenvalue weighted by atomic mass is 35.5. The second-order valence-corrected chi connectivity index (χ2v) is 6.38. The van der Waals surface area contributed by atoms with E-state index >= 15 is 0 Å². The van der Waals surface area contributed by atoms with Crippen LogP contribution in [0.5, 0.6) is 0 Å². The summed E-state index contributed by atoms with van der Waals surface area (Å²) in [5.74, 6) is 0. The van der Waals surface area contributed by atoms with E-state index < -0.39 is 10.8 Å². The van der Waals surface area contributed by atoms with Crippen molar-refractivity contribution >= 4 is 33.2 Å². The number of rotatable bonds is 2. The zero-order chi connectivity index (χ0) is 14.1. The summed E-state index contributed by atoms with van der Waals surface area (Å²) < 4.78 is 12.1. The first-order valence-electron chi connectivity index (χ1n) is 6.28. The molecule has 0 aromatic heterocycles. The van der Waals surface area contributed by atoms with E-state index in [2.05, 4.69) is 12.1 Å². The summed E-state index contributed by atoms with van der Waals surface area (Å²) in [6.45, 7) is 0. The van der Waals surface area contributed by atoms with Gasteiger partial charge in [0.25, 0.3) is 0 Å². The summed E-state index contributed by atoms with van der Waals surface area (Å²) in [5, 5.41) is 2.89. The first-order valence-corrected chi connectivity index (χ1v) is 8.21. The molecule has 20 heavy (non-hydrogen) atoms. The molecular formula is C17H13ClOS. The molecule has 3 aromatic carbocycles. The second kappa shape index (κ2) is 5.39. The van der Waals surface area contributed by atoms with Gasteiger partial charge in [0.2, 0.25) is 0 Å². The lowest BCUT2D eigenvalue weighted by Crippen LogP contribution is -1.93. The van der Waals surface area contributed by atoms with E-state index in [0.29, 0.717) is 5.02 Å². The molecule has 0 aliphatic rings. The molecule has 1 unspecified atom stereocenters. The Morgan fingerprint density at radius 2 is 1.45 bits per heavy atom. The summed E-state index contributed by atoms with van der Waals surface area (Å²) in [5.41, 5.74) is 1.86. The van der Waals surface area contributed by atoms with Gasteiger partial charge in [-0.2, -0.15) is 0 Å². The van der Waals surface area contributed by atoms with Crippen molar-refractivity contribution in [1.82, 2.24) is 0 Å². The zero-order valence-electron chi connectivity index (χ0n) is 11.0. The summed E-state index contributed by atoms with van der Waals surface area (Å²) in [4.78, 5) is 0.816. The van der Waals surface area contributed by atoms with E-state index in [9.17, 15) is 4.21 Å². The molecule has 0 saturated carbocycles. The fourth-order valence-electron chi connectivity index (χ4n) is 2.35. The molecule has 0 heterocycles. The number of benzene rings is 3. The topological polar surface area (TPSA) is 17.1 Å². The quantitative estimate of drug-likeness (QED) is 0.658. The summed E-state index contributed by atoms with van der Waals surface area (Å²) >= 11 is 6.29. The smallest absolute Gasteiger partial charge is 0.0504 e. The van der Waals surface area contributed by atoms with Crippen molar-refractivity contribution in [3.8, 4) is 11.1 Å². The molecule has 0 N–H and O–H groups in total. The number of hydrogen-bond donors (Lipinski definition) is 0. The largest absolute Gasteiger partial charge is 0.255 e. The van der Waals surface area contributed by atoms with Gasteiger partial charge in [-0.3, -0.25) is 4.21 Å². The fourth-order valence-corrected chi connectivity index (χ4v) is 3.36. The lowest BCUT2D eigenvalue weighted by molar-refractivity contribution is 0.687. The molecule has 3 heteroatoms. The standard InChI is InChI=1S/C17H13ClOS/c1-20(19)17-11-13-7-3-2-6-12(13)10-15(17)14-8-4-5-9-16(14)18/h2-11H,1H3. The Bertz CT molecular complexity index is 811. The van der Waals surface area contributed by atoms with Crippen molar-refractivity contribution in [3.63, 3.8) is 0 Å². The minimum Gasteiger partial charge on any atom is -0.255 e. The summed E-state index contributed by atoms with van der Waals surface area (Å²) in [6, 6.07) is 19.8. The highest BCUT2D eigenvalue weighted by Gasteiger charge is 2.12. The van der Waals surface area contributed by atoms with Crippen molar-refractivity contribution in [2.24, 2.45) is 0 Å². The van der Waals surface area contributed by atoms with Crippen LogP contribution in [0, 0.1) is 0 Å². The first kappa shape index (κ1) is 13.3. The Kier molecular flexibility index (Phi) is 3.60. The highest BCUT2D eigenvalue weighted by Crippen LogP contribution is 2.34. The van der Waals surface area contributed by atoms with E-state index in [1.54, 1.807) is 6.26 Å². The van der Waals surface area contributed by atoms with Gasteiger partial charge in [0, 0.05) is 21.7 Å². The molecule has 1 nitrogen and oxygen atoms in total. The zero-order valence-corrected chi connectivity index (χ0v) is 12.5. The Morgan fingerprint density at radius 3 is 2.10 bits per heavy atom. The minimum absolute atomic E-state index is 0.675. The molecule has 3 aromatic rings. The maximum atomic E-state index is 12.1. The van der Waals surface area contributed by atoms with Gasteiger partial charge < -0.3 is 0 Å². The van der Waals surface area contributed by atoms with Crippen LogP contribution in [0.3, 0.4) is 0 Å². The van der Waals surface area contributed by atoms with Crippen molar-refractivity contribution in [2.45, 2.75) is 4.90 Å². The molecule has 0 amide bonds. The van der Waals surface area contributed by atoms with Crippen LogP contribution in [0.25, 0.3) is 21.9 Å². The van der Waals surface area contributed by atoms with Gasteiger partial charge in [0.05, 0.1) is 10.8 Å². The monoisotopic (exact) mass is 300 g/mol. The van der Waals surface area contributed by atoms with Crippen molar-refractivity contribution in [1.29, 1.82) is 0 Å². The van der Waals surface area contributed by atoms with Crippen LogP contribution in [-0.2, 0) is 10.8 Å². The van der Waals surface area contributed by atoms with E-state index in [1.165, 1.54) is 0 Å². The molecule has 0 fully saturated rings. The Hall–Kier alpha value is -1.64. The SMILES string of the molecule is CS(=O)c1cc2ccccc2cc1-c1ccccc1Cl. The lowest BCUT2D eigenvalue weighted by Gasteiger charge is -2.11.